The van der Waals surface area contributed by atoms with Gasteiger partial charge in [0.05, 0.1) is 6.10 Å². The molecule has 1 saturated carbocycles. The second-order valence-corrected chi connectivity index (χ2v) is 6.13. The van der Waals surface area contributed by atoms with Gasteiger partial charge in [-0.1, -0.05) is 27.7 Å². The Kier molecular flexibility index (Phi) is 5.39. The summed E-state index contributed by atoms with van der Waals surface area (Å²) in [6.45, 7) is 12.5. The number of nitrogens with zero attached hydrogens (tertiary/aromatic N) is 1. The van der Waals surface area contributed by atoms with Crippen LogP contribution >= 0.6 is 0 Å². The van der Waals surface area contributed by atoms with Gasteiger partial charge in [-0.2, -0.15) is 0 Å². The molecule has 2 unspecified atom stereocenters. The fourth-order valence-electron chi connectivity index (χ4n) is 2.94. The van der Waals surface area contributed by atoms with Gasteiger partial charge >= 0.3 is 0 Å². The summed E-state index contributed by atoms with van der Waals surface area (Å²) in [5, 5.41) is 0. The minimum absolute atomic E-state index is 0.0940. The van der Waals surface area contributed by atoms with Crippen molar-refractivity contribution in [1.82, 2.24) is 4.90 Å². The summed E-state index contributed by atoms with van der Waals surface area (Å²) < 4.78 is 5.69. The predicted molar refractivity (Wildman–Crippen MR) is 77.9 cm³/mol. The monoisotopic (exact) mass is 270 g/mol. The average Bonchev–Trinajstić information content (AvgIpc) is 2.37. The van der Waals surface area contributed by atoms with E-state index in [0.717, 1.165) is 25.9 Å². The topological polar surface area (TPSA) is 55.6 Å². The number of hydrogen-bond donors (Lipinski definition) is 1. The van der Waals surface area contributed by atoms with Crippen LogP contribution in [0.2, 0.25) is 0 Å². The molecule has 0 aromatic rings. The molecule has 1 aliphatic rings. The predicted octanol–water partition coefficient (Wildman–Crippen LogP) is 2.17. The molecular weight excluding hydrogens is 240 g/mol. The molecule has 0 aromatic carbocycles. The molecule has 0 bridgehead atoms. The zero-order valence-electron chi connectivity index (χ0n) is 13.2. The van der Waals surface area contributed by atoms with Gasteiger partial charge in [0.25, 0.3) is 0 Å². The molecule has 1 rings (SSSR count). The minimum Gasteiger partial charge on any atom is -0.378 e. The number of rotatable bonds is 7. The first-order chi connectivity index (χ1) is 8.85. The number of amides is 1. The van der Waals surface area contributed by atoms with Crippen molar-refractivity contribution in [3.63, 3.8) is 0 Å². The highest BCUT2D eigenvalue weighted by molar-refractivity contribution is 5.88. The summed E-state index contributed by atoms with van der Waals surface area (Å²) in [5.41, 5.74) is 5.38. The summed E-state index contributed by atoms with van der Waals surface area (Å²) in [7, 11) is 0. The van der Waals surface area contributed by atoms with Crippen LogP contribution in [-0.4, -0.2) is 42.1 Å². The number of hydrogen-bond acceptors (Lipinski definition) is 3. The first-order valence-electron chi connectivity index (χ1n) is 7.55. The second kappa shape index (κ2) is 6.23. The Labute approximate surface area is 117 Å². The van der Waals surface area contributed by atoms with Crippen LogP contribution in [0.1, 0.15) is 53.9 Å². The van der Waals surface area contributed by atoms with E-state index in [2.05, 4.69) is 13.8 Å². The first kappa shape index (κ1) is 16.4. The summed E-state index contributed by atoms with van der Waals surface area (Å²) in [6.07, 6.45) is 2.67. The van der Waals surface area contributed by atoms with Crippen molar-refractivity contribution in [3.05, 3.63) is 0 Å². The van der Waals surface area contributed by atoms with E-state index in [0.29, 0.717) is 13.0 Å². The van der Waals surface area contributed by atoms with Crippen LogP contribution in [-0.2, 0) is 9.53 Å². The molecule has 2 atom stereocenters. The third-order valence-corrected chi connectivity index (χ3v) is 4.49. The van der Waals surface area contributed by atoms with Gasteiger partial charge in [0, 0.05) is 31.5 Å². The molecule has 1 fully saturated rings. The molecule has 0 radical (unpaired) electrons. The highest BCUT2D eigenvalue weighted by Crippen LogP contribution is 2.50. The number of nitrogens with two attached hydrogens (primary N) is 1. The summed E-state index contributed by atoms with van der Waals surface area (Å²) >= 11 is 0. The minimum atomic E-state index is -0.767. The first-order valence-corrected chi connectivity index (χ1v) is 7.55. The highest BCUT2D eigenvalue weighted by Gasteiger charge is 2.63. The maximum Gasteiger partial charge on any atom is 0.243 e. The Bertz CT molecular complexity index is 311. The Balaban J connectivity index is 2.80. The van der Waals surface area contributed by atoms with Crippen molar-refractivity contribution in [2.75, 3.05) is 19.7 Å². The fraction of sp³-hybridized carbons (Fsp3) is 0.933. The number of ether oxygens (including phenoxy) is 1. The van der Waals surface area contributed by atoms with Gasteiger partial charge < -0.3 is 15.4 Å². The van der Waals surface area contributed by atoms with E-state index in [1.807, 2.05) is 25.7 Å². The molecule has 19 heavy (non-hydrogen) atoms. The van der Waals surface area contributed by atoms with E-state index in [-0.39, 0.29) is 17.4 Å². The maximum atomic E-state index is 12.7. The van der Waals surface area contributed by atoms with Crippen LogP contribution in [0.3, 0.4) is 0 Å². The van der Waals surface area contributed by atoms with Gasteiger partial charge in [0.2, 0.25) is 5.91 Å². The van der Waals surface area contributed by atoms with Gasteiger partial charge in [-0.15, -0.1) is 0 Å². The van der Waals surface area contributed by atoms with Crippen molar-refractivity contribution >= 4 is 5.91 Å². The Hall–Kier alpha value is -0.610. The van der Waals surface area contributed by atoms with Gasteiger partial charge in [0.1, 0.15) is 5.54 Å². The van der Waals surface area contributed by atoms with Gasteiger partial charge in [0.15, 0.2) is 0 Å². The SMILES string of the molecule is CCCN(CCC)C(=O)C1(N)CC(OCC)C1(C)C. The molecule has 0 aliphatic heterocycles. The van der Waals surface area contributed by atoms with E-state index < -0.39 is 5.54 Å². The standard InChI is InChI=1S/C15H30N2O2/c1-6-9-17(10-7-2)13(18)15(16)11-12(19-8-3)14(15,4)5/h12H,6-11,16H2,1-5H3. The highest BCUT2D eigenvalue weighted by atomic mass is 16.5. The Morgan fingerprint density at radius 3 is 2.16 bits per heavy atom. The average molecular weight is 270 g/mol. The van der Waals surface area contributed by atoms with Crippen molar-refractivity contribution in [2.45, 2.75) is 65.5 Å². The lowest BCUT2D eigenvalue weighted by Gasteiger charge is -2.58. The van der Waals surface area contributed by atoms with E-state index in [1.165, 1.54) is 0 Å². The molecule has 1 aliphatic carbocycles. The van der Waals surface area contributed by atoms with Gasteiger partial charge in [-0.3, -0.25) is 4.79 Å². The normalized spacial score (nSPS) is 28.8. The van der Waals surface area contributed by atoms with Crippen LogP contribution in [0, 0.1) is 5.41 Å². The second-order valence-electron chi connectivity index (χ2n) is 6.13. The number of carbonyl (C=O) groups excluding carboxylic acids is 1. The van der Waals surface area contributed by atoms with Crippen molar-refractivity contribution < 1.29 is 9.53 Å². The molecule has 1 amide bonds. The Morgan fingerprint density at radius 2 is 1.79 bits per heavy atom. The molecule has 4 nitrogen and oxygen atoms in total. The van der Waals surface area contributed by atoms with Gasteiger partial charge in [-0.05, 0) is 19.8 Å². The molecular formula is C15H30N2O2. The Morgan fingerprint density at radius 1 is 1.26 bits per heavy atom. The zero-order valence-corrected chi connectivity index (χ0v) is 13.2. The quantitative estimate of drug-likeness (QED) is 0.771. The van der Waals surface area contributed by atoms with Crippen LogP contribution in [0.25, 0.3) is 0 Å². The zero-order chi connectivity index (χ0) is 14.7. The molecule has 0 saturated heterocycles. The van der Waals surface area contributed by atoms with E-state index in [1.54, 1.807) is 0 Å². The lowest BCUT2D eigenvalue weighted by Crippen LogP contribution is -2.76. The molecule has 0 aromatic heterocycles. The van der Waals surface area contributed by atoms with Gasteiger partial charge in [-0.25, -0.2) is 0 Å². The van der Waals surface area contributed by atoms with Crippen LogP contribution in [0.15, 0.2) is 0 Å². The van der Waals surface area contributed by atoms with Crippen molar-refractivity contribution in [1.29, 1.82) is 0 Å². The molecule has 0 spiro atoms. The third-order valence-electron chi connectivity index (χ3n) is 4.49. The molecule has 0 heterocycles. The van der Waals surface area contributed by atoms with E-state index in [4.69, 9.17) is 10.5 Å². The van der Waals surface area contributed by atoms with Crippen LogP contribution in [0.4, 0.5) is 0 Å². The molecule has 4 heteroatoms. The smallest absolute Gasteiger partial charge is 0.243 e. The van der Waals surface area contributed by atoms with E-state index in [9.17, 15) is 4.79 Å². The lowest BCUT2D eigenvalue weighted by atomic mass is 9.54. The largest absolute Gasteiger partial charge is 0.378 e. The molecule has 112 valence electrons. The summed E-state index contributed by atoms with van der Waals surface area (Å²) in [5.74, 6) is 0.0946. The van der Waals surface area contributed by atoms with Crippen LogP contribution in [0.5, 0.6) is 0 Å². The summed E-state index contributed by atoms with van der Waals surface area (Å²) in [4.78, 5) is 14.7. The van der Waals surface area contributed by atoms with Crippen molar-refractivity contribution in [2.24, 2.45) is 11.1 Å². The maximum absolute atomic E-state index is 12.7. The summed E-state index contributed by atoms with van der Waals surface area (Å²) in [6, 6.07) is 0. The lowest BCUT2D eigenvalue weighted by molar-refractivity contribution is -0.179. The fourth-order valence-corrected chi connectivity index (χ4v) is 2.94. The van der Waals surface area contributed by atoms with E-state index >= 15 is 0 Å². The number of carbonyl (C=O) groups is 1. The molecule has 2 N–H and O–H groups in total. The third kappa shape index (κ3) is 2.79. The van der Waals surface area contributed by atoms with Crippen molar-refractivity contribution in [3.8, 4) is 0 Å². The van der Waals surface area contributed by atoms with Crippen LogP contribution < -0.4 is 5.73 Å².